The van der Waals surface area contributed by atoms with Gasteiger partial charge in [-0.15, -0.1) is 0 Å². The van der Waals surface area contributed by atoms with Crippen LogP contribution in [0.5, 0.6) is 17.2 Å². The molecule has 0 amide bonds. The Kier molecular flexibility index (Phi) is 20.7. The minimum atomic E-state index is 0.137. The SMILES string of the molecule is CC(C)(C)NCc1ccc(Cl)cc1.CC(C)(C)NCc1ccc(O)cc1.CC(C)NCc1cccc(O)c1.COc1ccccc1CNC(C)(C)C. The van der Waals surface area contributed by atoms with Crippen molar-refractivity contribution in [2.75, 3.05) is 7.11 Å². The van der Waals surface area contributed by atoms with Crippen molar-refractivity contribution in [3.8, 4) is 17.2 Å². The Morgan fingerprint density at radius 3 is 1.50 bits per heavy atom. The largest absolute Gasteiger partial charge is 0.508 e. The molecule has 4 aromatic rings. The molecule has 0 aliphatic heterocycles. The maximum absolute atomic E-state index is 9.15. The molecule has 0 saturated heterocycles. The van der Waals surface area contributed by atoms with Crippen LogP contribution in [0.15, 0.2) is 97.1 Å². The third-order valence-electron chi connectivity index (χ3n) is 7.12. The number of rotatable bonds is 10. The summed E-state index contributed by atoms with van der Waals surface area (Å²) >= 11 is 5.78. The summed E-state index contributed by atoms with van der Waals surface area (Å²) in [7, 11) is 1.70. The van der Waals surface area contributed by atoms with Crippen molar-refractivity contribution in [1.29, 1.82) is 0 Å². The maximum atomic E-state index is 9.15. The van der Waals surface area contributed by atoms with E-state index in [9.17, 15) is 0 Å². The molecule has 288 valence electrons. The molecule has 0 saturated carbocycles. The third kappa shape index (κ3) is 24.6. The van der Waals surface area contributed by atoms with Crippen molar-refractivity contribution in [3.63, 3.8) is 0 Å². The van der Waals surface area contributed by atoms with Gasteiger partial charge in [0.05, 0.1) is 7.11 Å². The van der Waals surface area contributed by atoms with Crippen LogP contribution in [0.1, 0.15) is 98.4 Å². The third-order valence-corrected chi connectivity index (χ3v) is 7.37. The van der Waals surface area contributed by atoms with Gasteiger partial charge >= 0.3 is 0 Å². The minimum Gasteiger partial charge on any atom is -0.508 e. The van der Waals surface area contributed by atoms with Gasteiger partial charge in [0.1, 0.15) is 17.2 Å². The van der Waals surface area contributed by atoms with Gasteiger partial charge in [0.15, 0.2) is 0 Å². The van der Waals surface area contributed by atoms with Crippen molar-refractivity contribution >= 4 is 11.6 Å². The molecule has 8 heteroatoms. The van der Waals surface area contributed by atoms with Gasteiger partial charge in [0, 0.05) is 59.4 Å². The summed E-state index contributed by atoms with van der Waals surface area (Å²) in [5.41, 5.74) is 5.21. The summed E-state index contributed by atoms with van der Waals surface area (Å²) in [6.07, 6.45) is 0. The van der Waals surface area contributed by atoms with E-state index < -0.39 is 0 Å². The predicted molar refractivity (Wildman–Crippen MR) is 222 cm³/mol. The van der Waals surface area contributed by atoms with E-state index in [2.05, 4.69) is 103 Å². The molecule has 6 N–H and O–H groups in total. The van der Waals surface area contributed by atoms with Crippen LogP contribution in [0.25, 0.3) is 0 Å². The van der Waals surface area contributed by atoms with Gasteiger partial charge in [-0.1, -0.05) is 80.0 Å². The fourth-order valence-electron chi connectivity index (χ4n) is 4.15. The standard InChI is InChI=1S/C12H19NO.C11H16ClN.C11H17NO.C10H15NO/c1-12(2,3)13-9-10-7-5-6-8-11(10)14-4;1-11(2,3)13-8-9-4-6-10(12)7-5-9;1-11(2,3)12-8-9-4-6-10(13)7-5-9;1-8(2)11-7-9-4-3-5-10(12)6-9/h5-8,13H,9H2,1-4H3;4-7,13H,8H2,1-3H3;4-7,12-13H,8H2,1-3H3;3-6,8,11-12H,7H2,1-2H3. The normalized spacial score (nSPS) is 11.3. The summed E-state index contributed by atoms with van der Waals surface area (Å²) in [5, 5.41) is 32.5. The van der Waals surface area contributed by atoms with Crippen molar-refractivity contribution < 1.29 is 14.9 Å². The Bertz CT molecular complexity index is 1460. The Balaban J connectivity index is 0.000000347. The highest BCUT2D eigenvalue weighted by Crippen LogP contribution is 2.18. The monoisotopic (exact) mass is 734 g/mol. The number of hydrogen-bond acceptors (Lipinski definition) is 7. The number of methoxy groups -OCH3 is 1. The number of para-hydroxylation sites is 1. The van der Waals surface area contributed by atoms with E-state index in [0.29, 0.717) is 17.5 Å². The predicted octanol–water partition coefficient (Wildman–Crippen LogP) is 9.98. The molecule has 0 heterocycles. The number of halogens is 1. The van der Waals surface area contributed by atoms with E-state index in [1.54, 1.807) is 31.4 Å². The van der Waals surface area contributed by atoms with E-state index in [1.807, 2.05) is 66.7 Å². The molecule has 0 aromatic heterocycles. The summed E-state index contributed by atoms with van der Waals surface area (Å²) in [6, 6.07) is 31.0. The lowest BCUT2D eigenvalue weighted by Gasteiger charge is -2.21. The lowest BCUT2D eigenvalue weighted by atomic mass is 10.1. The lowest BCUT2D eigenvalue weighted by Crippen LogP contribution is -2.35. The molecular weight excluding hydrogens is 668 g/mol. The van der Waals surface area contributed by atoms with Gasteiger partial charge in [-0.25, -0.2) is 0 Å². The van der Waals surface area contributed by atoms with Crippen molar-refractivity contribution in [2.45, 2.75) is 125 Å². The molecule has 0 fully saturated rings. The summed E-state index contributed by atoms with van der Waals surface area (Å²) in [4.78, 5) is 0. The zero-order valence-corrected chi connectivity index (χ0v) is 34.6. The molecule has 52 heavy (non-hydrogen) atoms. The second-order valence-electron chi connectivity index (χ2n) is 16.1. The van der Waals surface area contributed by atoms with Gasteiger partial charge in [-0.3, -0.25) is 0 Å². The van der Waals surface area contributed by atoms with E-state index >= 15 is 0 Å². The highest BCUT2D eigenvalue weighted by Gasteiger charge is 2.10. The quantitative estimate of drug-likeness (QED) is 0.0966. The van der Waals surface area contributed by atoms with Crippen LogP contribution in [-0.4, -0.2) is 40.0 Å². The Hall–Kier alpha value is -3.59. The van der Waals surface area contributed by atoms with E-state index in [1.165, 1.54) is 16.7 Å². The van der Waals surface area contributed by atoms with Crippen LogP contribution in [0.3, 0.4) is 0 Å². The Morgan fingerprint density at radius 1 is 0.558 bits per heavy atom. The number of benzene rings is 4. The number of phenols is 2. The molecule has 0 spiro atoms. The summed E-state index contributed by atoms with van der Waals surface area (Å²) < 4.78 is 5.27. The van der Waals surface area contributed by atoms with Crippen LogP contribution in [0.4, 0.5) is 0 Å². The Labute approximate surface area is 320 Å². The van der Waals surface area contributed by atoms with Gasteiger partial charge in [0.25, 0.3) is 0 Å². The second-order valence-corrected chi connectivity index (χ2v) is 16.6. The number of hydrogen-bond donors (Lipinski definition) is 6. The van der Waals surface area contributed by atoms with Crippen LogP contribution >= 0.6 is 11.6 Å². The molecule has 0 atom stereocenters. The fourth-order valence-corrected chi connectivity index (χ4v) is 4.27. The van der Waals surface area contributed by atoms with Crippen LogP contribution in [0, 0.1) is 0 Å². The average Bonchev–Trinajstić information content (AvgIpc) is 3.06. The zero-order valence-electron chi connectivity index (χ0n) is 33.8. The smallest absolute Gasteiger partial charge is 0.123 e. The fraction of sp³-hybridized carbons (Fsp3) is 0.455. The second kappa shape index (κ2) is 23.2. The van der Waals surface area contributed by atoms with Crippen molar-refractivity contribution in [2.24, 2.45) is 0 Å². The van der Waals surface area contributed by atoms with Crippen LogP contribution in [-0.2, 0) is 26.2 Å². The lowest BCUT2D eigenvalue weighted by molar-refractivity contribution is 0.392. The molecule has 7 nitrogen and oxygen atoms in total. The number of aromatic hydroxyl groups is 2. The Morgan fingerprint density at radius 2 is 1.04 bits per heavy atom. The highest BCUT2D eigenvalue weighted by molar-refractivity contribution is 6.30. The number of phenolic OH excluding ortho intramolecular Hbond substituents is 2. The van der Waals surface area contributed by atoms with Crippen LogP contribution in [0.2, 0.25) is 5.02 Å². The van der Waals surface area contributed by atoms with Gasteiger partial charge in [-0.2, -0.15) is 0 Å². The molecule has 0 unspecified atom stereocenters. The summed E-state index contributed by atoms with van der Waals surface area (Å²) in [6.45, 7) is 26.9. The van der Waals surface area contributed by atoms with Gasteiger partial charge < -0.3 is 36.2 Å². The van der Waals surface area contributed by atoms with Gasteiger partial charge in [0.2, 0.25) is 0 Å². The van der Waals surface area contributed by atoms with Crippen molar-refractivity contribution in [3.05, 3.63) is 124 Å². The molecule has 0 aliphatic rings. The molecule has 4 aromatic carbocycles. The first kappa shape index (κ1) is 46.4. The van der Waals surface area contributed by atoms with E-state index in [-0.39, 0.29) is 16.6 Å². The van der Waals surface area contributed by atoms with Crippen molar-refractivity contribution in [1.82, 2.24) is 21.3 Å². The first-order chi connectivity index (χ1) is 24.2. The molecule has 0 aliphatic carbocycles. The van der Waals surface area contributed by atoms with Gasteiger partial charge in [-0.05, 0) is 121 Å². The van der Waals surface area contributed by atoms with E-state index in [4.69, 9.17) is 26.6 Å². The average molecular weight is 735 g/mol. The molecule has 4 rings (SSSR count). The first-order valence-electron chi connectivity index (χ1n) is 18.1. The summed E-state index contributed by atoms with van der Waals surface area (Å²) in [5.74, 6) is 1.60. The van der Waals surface area contributed by atoms with E-state index in [0.717, 1.165) is 42.5 Å². The topological polar surface area (TPSA) is 97.8 Å². The number of ether oxygens (including phenoxy) is 1. The van der Waals surface area contributed by atoms with Crippen LogP contribution < -0.4 is 26.0 Å². The zero-order chi connectivity index (χ0) is 39.4. The molecule has 0 radical (unpaired) electrons. The minimum absolute atomic E-state index is 0.137. The molecule has 0 bridgehead atoms. The first-order valence-corrected chi connectivity index (χ1v) is 18.4. The maximum Gasteiger partial charge on any atom is 0.123 e. The highest BCUT2D eigenvalue weighted by atomic mass is 35.5. The molecular formula is C44H67ClN4O3. The number of nitrogens with one attached hydrogen (secondary N) is 4.